The van der Waals surface area contributed by atoms with E-state index in [0.29, 0.717) is 11.3 Å². The molecule has 1 amide bonds. The van der Waals surface area contributed by atoms with Crippen LogP contribution in [0, 0.1) is 0 Å². The molecule has 8 heteroatoms. The van der Waals surface area contributed by atoms with Crippen molar-refractivity contribution in [2.75, 3.05) is 6.61 Å². The molecule has 0 unspecified atom stereocenters. The lowest BCUT2D eigenvalue weighted by molar-refractivity contribution is -0.123. The number of sulfonamides is 1. The number of benzene rings is 2. The second-order valence-corrected chi connectivity index (χ2v) is 8.98. The number of ether oxygens (including phenoxy) is 1. The monoisotopic (exact) mass is 404 g/mol. The van der Waals surface area contributed by atoms with Gasteiger partial charge in [0.15, 0.2) is 12.4 Å². The van der Waals surface area contributed by atoms with Crippen LogP contribution in [0.25, 0.3) is 0 Å². The fourth-order valence-corrected chi connectivity index (χ4v) is 3.15. The van der Waals surface area contributed by atoms with Crippen LogP contribution in [-0.4, -0.2) is 26.7 Å². The smallest absolute Gasteiger partial charge is 0.272 e. The first-order valence-corrected chi connectivity index (χ1v) is 10.1. The van der Waals surface area contributed by atoms with Crippen LogP contribution in [0.2, 0.25) is 0 Å². The van der Waals surface area contributed by atoms with Crippen LogP contribution < -0.4 is 15.0 Å². The highest BCUT2D eigenvalue weighted by Crippen LogP contribution is 2.24. The van der Waals surface area contributed by atoms with Gasteiger partial charge < -0.3 is 4.74 Å². The van der Waals surface area contributed by atoms with E-state index in [1.807, 2.05) is 17.0 Å². The van der Waals surface area contributed by atoms with Gasteiger partial charge >= 0.3 is 0 Å². The topological polar surface area (TPSA) is 102 Å². The highest BCUT2D eigenvalue weighted by atomic mass is 32.2. The predicted molar refractivity (Wildman–Crippen MR) is 106 cm³/mol. The zero-order chi connectivity index (χ0) is 20.9. The molecule has 0 bridgehead atoms. The van der Waals surface area contributed by atoms with Gasteiger partial charge in [-0.1, -0.05) is 45.0 Å². The highest BCUT2D eigenvalue weighted by molar-refractivity contribution is 7.89. The lowest BCUT2D eigenvalue weighted by Crippen LogP contribution is -2.43. The van der Waals surface area contributed by atoms with Crippen LogP contribution in [0.15, 0.2) is 53.4 Å². The van der Waals surface area contributed by atoms with Crippen LogP contribution >= 0.6 is 0 Å². The average molecular weight is 404 g/mol. The van der Waals surface area contributed by atoms with Gasteiger partial charge in [0.05, 0.1) is 4.90 Å². The number of carbonyl (C=O) groups is 2. The molecule has 0 aliphatic carbocycles. The van der Waals surface area contributed by atoms with Gasteiger partial charge in [-0.2, -0.15) is 0 Å². The fourth-order valence-electron chi connectivity index (χ4n) is 2.29. The molecule has 0 heterocycles. The summed E-state index contributed by atoms with van der Waals surface area (Å²) in [4.78, 5) is 25.0. The second-order valence-electron chi connectivity index (χ2n) is 7.30. The van der Waals surface area contributed by atoms with Gasteiger partial charge in [0.25, 0.3) is 15.9 Å². The Hall–Kier alpha value is -2.71. The number of ketones is 1. The molecule has 150 valence electrons. The number of hydrazine groups is 1. The summed E-state index contributed by atoms with van der Waals surface area (Å²) in [5.74, 6) is -0.312. The van der Waals surface area contributed by atoms with Crippen molar-refractivity contribution in [3.05, 3.63) is 59.7 Å². The summed E-state index contributed by atoms with van der Waals surface area (Å²) in [6, 6.07) is 12.7. The number of carbonyl (C=O) groups excluding carboxylic acids is 2. The van der Waals surface area contributed by atoms with Crippen LogP contribution in [0.1, 0.15) is 43.6 Å². The molecule has 0 radical (unpaired) electrons. The normalized spacial score (nSPS) is 11.7. The summed E-state index contributed by atoms with van der Waals surface area (Å²) in [6.07, 6.45) is 0. The van der Waals surface area contributed by atoms with E-state index in [-0.39, 0.29) is 22.7 Å². The maximum absolute atomic E-state index is 12.2. The maximum atomic E-state index is 12.2. The Morgan fingerprint density at radius 3 is 2.04 bits per heavy atom. The molecule has 0 saturated heterocycles. The Labute approximate surface area is 165 Å². The molecule has 0 aliphatic heterocycles. The summed E-state index contributed by atoms with van der Waals surface area (Å²) >= 11 is 0. The van der Waals surface area contributed by atoms with Crippen LogP contribution in [0.5, 0.6) is 5.75 Å². The fraction of sp³-hybridized carbons (Fsp3) is 0.300. The first kappa shape index (κ1) is 21.6. The summed E-state index contributed by atoms with van der Waals surface area (Å²) in [5, 5.41) is 0. The zero-order valence-corrected chi connectivity index (χ0v) is 17.1. The molecule has 2 aromatic rings. The first-order chi connectivity index (χ1) is 13.0. The Bertz CT molecular complexity index is 944. The van der Waals surface area contributed by atoms with E-state index in [4.69, 9.17) is 4.74 Å². The number of rotatable bonds is 7. The first-order valence-electron chi connectivity index (χ1n) is 8.64. The Kier molecular flexibility index (Phi) is 6.58. The van der Waals surface area contributed by atoms with E-state index < -0.39 is 15.9 Å². The van der Waals surface area contributed by atoms with Crippen molar-refractivity contribution in [3.63, 3.8) is 0 Å². The van der Waals surface area contributed by atoms with Crippen molar-refractivity contribution in [2.45, 2.75) is 38.0 Å². The third kappa shape index (κ3) is 5.90. The van der Waals surface area contributed by atoms with Gasteiger partial charge in [-0.15, -0.1) is 4.83 Å². The van der Waals surface area contributed by atoms with E-state index in [0.717, 1.165) is 5.56 Å². The molecule has 2 aromatic carbocycles. The van der Waals surface area contributed by atoms with E-state index >= 15 is 0 Å². The average Bonchev–Trinajstić information content (AvgIpc) is 2.64. The number of hydrogen-bond donors (Lipinski definition) is 2. The molecule has 0 spiro atoms. The minimum atomic E-state index is -3.95. The Morgan fingerprint density at radius 1 is 0.964 bits per heavy atom. The van der Waals surface area contributed by atoms with Gasteiger partial charge in [0, 0.05) is 5.56 Å². The lowest BCUT2D eigenvalue weighted by Gasteiger charge is -2.19. The lowest BCUT2D eigenvalue weighted by atomic mass is 9.87. The molecular weight excluding hydrogens is 380 g/mol. The third-order valence-corrected chi connectivity index (χ3v) is 5.25. The molecule has 2 rings (SSSR count). The van der Waals surface area contributed by atoms with E-state index in [1.165, 1.54) is 31.2 Å². The molecule has 0 atom stereocenters. The number of amides is 1. The third-order valence-electron chi connectivity index (χ3n) is 3.99. The molecule has 7 nitrogen and oxygen atoms in total. The highest BCUT2D eigenvalue weighted by Gasteiger charge is 2.16. The molecule has 0 aromatic heterocycles. The quantitative estimate of drug-likeness (QED) is 0.546. The summed E-state index contributed by atoms with van der Waals surface area (Å²) in [6.45, 7) is 7.32. The molecule has 2 N–H and O–H groups in total. The SMILES string of the molecule is CC(=O)c1ccc(S(=O)(=O)NNC(=O)COc2ccc(C(C)(C)C)cc2)cc1. The predicted octanol–water partition coefficient (Wildman–Crippen LogP) is 2.58. The van der Waals surface area contributed by atoms with Gasteiger partial charge in [0.1, 0.15) is 5.75 Å². The van der Waals surface area contributed by atoms with Crippen molar-refractivity contribution in [1.82, 2.24) is 10.3 Å². The van der Waals surface area contributed by atoms with Gasteiger partial charge in [0.2, 0.25) is 0 Å². The Balaban J connectivity index is 1.88. The van der Waals surface area contributed by atoms with Gasteiger partial charge in [-0.05, 0) is 42.2 Å². The summed E-state index contributed by atoms with van der Waals surface area (Å²) in [5.41, 5.74) is 3.64. The van der Waals surface area contributed by atoms with Crippen LogP contribution in [0.4, 0.5) is 0 Å². The molecular formula is C20H24N2O5S. The van der Waals surface area contributed by atoms with Crippen molar-refractivity contribution in [1.29, 1.82) is 0 Å². The standard InChI is InChI=1S/C20H24N2O5S/c1-14(23)15-5-11-18(12-6-15)28(25,26)22-21-19(24)13-27-17-9-7-16(8-10-17)20(2,3)4/h5-12,22H,13H2,1-4H3,(H,21,24). The number of hydrogen-bond acceptors (Lipinski definition) is 5. The van der Waals surface area contributed by atoms with Crippen molar-refractivity contribution < 1.29 is 22.7 Å². The van der Waals surface area contributed by atoms with E-state index in [2.05, 4.69) is 26.2 Å². The minimum absolute atomic E-state index is 0.0107. The summed E-state index contributed by atoms with van der Waals surface area (Å²) < 4.78 is 29.7. The molecule has 0 aliphatic rings. The molecule has 28 heavy (non-hydrogen) atoms. The zero-order valence-electron chi connectivity index (χ0n) is 16.3. The molecule has 0 fully saturated rings. The maximum Gasteiger partial charge on any atom is 0.272 e. The van der Waals surface area contributed by atoms with Crippen molar-refractivity contribution in [3.8, 4) is 5.75 Å². The van der Waals surface area contributed by atoms with Crippen molar-refractivity contribution in [2.24, 2.45) is 0 Å². The van der Waals surface area contributed by atoms with Gasteiger partial charge in [-0.3, -0.25) is 15.0 Å². The number of Topliss-reactive ketones (excluding diaryl/α,β-unsaturated/α-hetero) is 1. The van der Waals surface area contributed by atoms with E-state index in [9.17, 15) is 18.0 Å². The minimum Gasteiger partial charge on any atom is -0.484 e. The van der Waals surface area contributed by atoms with Crippen molar-refractivity contribution >= 4 is 21.7 Å². The van der Waals surface area contributed by atoms with Crippen LogP contribution in [0.3, 0.4) is 0 Å². The Morgan fingerprint density at radius 2 is 1.54 bits per heavy atom. The largest absolute Gasteiger partial charge is 0.484 e. The van der Waals surface area contributed by atoms with Crippen LogP contribution in [-0.2, 0) is 20.2 Å². The second kappa shape index (κ2) is 8.53. The number of nitrogens with one attached hydrogen (secondary N) is 2. The van der Waals surface area contributed by atoms with Gasteiger partial charge in [-0.25, -0.2) is 8.42 Å². The molecule has 0 saturated carbocycles. The summed E-state index contributed by atoms with van der Waals surface area (Å²) in [7, 11) is -3.95. The van der Waals surface area contributed by atoms with E-state index in [1.54, 1.807) is 12.1 Å².